The lowest BCUT2D eigenvalue weighted by Crippen LogP contribution is -2.24. The van der Waals surface area contributed by atoms with Crippen LogP contribution in [0.2, 0.25) is 0 Å². The molecule has 0 aromatic heterocycles. The molecule has 1 aromatic carbocycles. The zero-order valence-corrected chi connectivity index (χ0v) is 14.6. The number of hydrogen-bond donors (Lipinski definition) is 0. The monoisotopic (exact) mass is 325 g/mol. The maximum atomic E-state index is 13.2. The summed E-state index contributed by atoms with van der Waals surface area (Å²) in [5.41, 5.74) is 5.16. The Hall–Kier alpha value is -1.97. The molecular weight excluding hydrogens is 302 g/mol. The molecular formula is C20H23NO3. The summed E-state index contributed by atoms with van der Waals surface area (Å²) in [5.74, 6) is -0.523. The SMILES string of the molecule is CON=C1C2CCC1C1C(=O)C(c3c(C)cc(C)cc3C)C(=O)C21. The average Bonchev–Trinajstić information content (AvgIpc) is 3.12. The minimum Gasteiger partial charge on any atom is -0.399 e. The standard InChI is InChI=1S/C20H23NO3/c1-9-7-10(2)14(11(3)8-9)17-19(22)15-12-5-6-13(16(15)20(17)23)18(12)21-24-4/h7-8,12-13,15-17H,5-6H2,1-4H3. The van der Waals surface area contributed by atoms with E-state index in [1.54, 1.807) is 0 Å². The van der Waals surface area contributed by atoms with Crippen LogP contribution in [0.4, 0.5) is 0 Å². The molecule has 0 heterocycles. The van der Waals surface area contributed by atoms with Gasteiger partial charge in [0.05, 0.1) is 5.71 Å². The molecule has 0 spiro atoms. The predicted octanol–water partition coefficient (Wildman–Crippen LogP) is 3.12. The van der Waals surface area contributed by atoms with Crippen LogP contribution in [0.3, 0.4) is 0 Å². The van der Waals surface area contributed by atoms with E-state index in [0.29, 0.717) is 0 Å². The summed E-state index contributed by atoms with van der Waals surface area (Å²) >= 11 is 0. The first-order chi connectivity index (χ1) is 11.5. The van der Waals surface area contributed by atoms with E-state index in [0.717, 1.165) is 35.2 Å². The molecule has 3 fully saturated rings. The van der Waals surface area contributed by atoms with E-state index in [4.69, 9.17) is 4.84 Å². The largest absolute Gasteiger partial charge is 0.399 e. The van der Waals surface area contributed by atoms with Crippen LogP contribution >= 0.6 is 0 Å². The summed E-state index contributed by atoms with van der Waals surface area (Å²) in [6.07, 6.45) is 1.90. The lowest BCUT2D eigenvalue weighted by Gasteiger charge is -2.19. The Labute approximate surface area is 142 Å². The van der Waals surface area contributed by atoms with E-state index in [-0.39, 0.29) is 35.2 Å². The van der Waals surface area contributed by atoms with Gasteiger partial charge in [0.15, 0.2) is 11.6 Å². The fourth-order valence-corrected chi connectivity index (χ4v) is 5.60. The minimum atomic E-state index is -0.576. The molecule has 4 atom stereocenters. The summed E-state index contributed by atoms with van der Waals surface area (Å²) < 4.78 is 0. The Kier molecular flexibility index (Phi) is 3.41. The first-order valence-corrected chi connectivity index (χ1v) is 8.71. The first-order valence-electron chi connectivity index (χ1n) is 8.71. The Morgan fingerprint density at radius 1 is 0.958 bits per heavy atom. The third kappa shape index (κ3) is 1.89. The number of rotatable bonds is 2. The Morgan fingerprint density at radius 3 is 1.92 bits per heavy atom. The van der Waals surface area contributed by atoms with E-state index < -0.39 is 5.92 Å². The second-order valence-electron chi connectivity index (χ2n) is 7.59. The Balaban J connectivity index is 1.78. The van der Waals surface area contributed by atoms with Crippen LogP contribution in [0.5, 0.6) is 0 Å². The molecule has 3 aliphatic rings. The lowest BCUT2D eigenvalue weighted by atomic mass is 9.81. The molecule has 0 amide bonds. The summed E-state index contributed by atoms with van der Waals surface area (Å²) in [5, 5.41) is 4.16. The highest BCUT2D eigenvalue weighted by Crippen LogP contribution is 2.57. The van der Waals surface area contributed by atoms with Crippen LogP contribution < -0.4 is 0 Å². The molecule has 0 saturated heterocycles. The molecule has 3 saturated carbocycles. The van der Waals surface area contributed by atoms with Crippen molar-refractivity contribution >= 4 is 17.3 Å². The number of carbonyl (C=O) groups is 2. The van der Waals surface area contributed by atoms with E-state index in [9.17, 15) is 9.59 Å². The van der Waals surface area contributed by atoms with E-state index in [1.807, 2.05) is 20.8 Å². The molecule has 4 nitrogen and oxygen atoms in total. The first kappa shape index (κ1) is 15.6. The number of nitrogens with zero attached hydrogens (tertiary/aromatic N) is 1. The van der Waals surface area contributed by atoms with Gasteiger partial charge in [-0.15, -0.1) is 0 Å². The number of carbonyl (C=O) groups excluding carboxylic acids is 2. The number of benzene rings is 1. The number of ketones is 2. The quantitative estimate of drug-likeness (QED) is 0.620. The summed E-state index contributed by atoms with van der Waals surface area (Å²) in [7, 11) is 1.53. The van der Waals surface area contributed by atoms with E-state index in [2.05, 4.69) is 17.3 Å². The average molecular weight is 325 g/mol. The normalized spacial score (nSPS) is 34.0. The van der Waals surface area contributed by atoms with Gasteiger partial charge in [-0.25, -0.2) is 0 Å². The van der Waals surface area contributed by atoms with Gasteiger partial charge in [-0.2, -0.15) is 0 Å². The molecule has 0 radical (unpaired) electrons. The van der Waals surface area contributed by atoms with Crippen molar-refractivity contribution in [1.29, 1.82) is 0 Å². The molecule has 0 aliphatic heterocycles. The van der Waals surface area contributed by atoms with Gasteiger partial charge in [0, 0.05) is 23.7 Å². The number of aryl methyl sites for hydroxylation is 3. The molecule has 3 aliphatic carbocycles. The number of fused-ring (bicyclic) bond motifs is 5. The summed E-state index contributed by atoms with van der Waals surface area (Å²) in [4.78, 5) is 31.4. The van der Waals surface area contributed by atoms with Crippen LogP contribution in [0.15, 0.2) is 17.3 Å². The highest BCUT2D eigenvalue weighted by molar-refractivity contribution is 6.21. The lowest BCUT2D eigenvalue weighted by molar-refractivity contribution is -0.125. The molecule has 1 aromatic rings. The van der Waals surface area contributed by atoms with Crippen molar-refractivity contribution in [2.45, 2.75) is 39.5 Å². The Morgan fingerprint density at radius 2 is 1.46 bits per heavy atom. The topological polar surface area (TPSA) is 55.7 Å². The van der Waals surface area contributed by atoms with Crippen LogP contribution in [0.25, 0.3) is 0 Å². The van der Waals surface area contributed by atoms with Gasteiger partial charge in [-0.05, 0) is 50.3 Å². The van der Waals surface area contributed by atoms with Crippen LogP contribution in [-0.2, 0) is 14.4 Å². The second kappa shape index (κ2) is 5.27. The van der Waals surface area contributed by atoms with Crippen molar-refractivity contribution in [2.75, 3.05) is 7.11 Å². The minimum absolute atomic E-state index is 0.104. The van der Waals surface area contributed by atoms with Crippen molar-refractivity contribution < 1.29 is 14.4 Å². The highest BCUT2D eigenvalue weighted by atomic mass is 16.6. The van der Waals surface area contributed by atoms with Gasteiger partial charge in [0.2, 0.25) is 0 Å². The van der Waals surface area contributed by atoms with Gasteiger partial charge in [-0.3, -0.25) is 9.59 Å². The molecule has 4 heteroatoms. The van der Waals surface area contributed by atoms with Gasteiger partial charge in [0.1, 0.15) is 13.0 Å². The smallest absolute Gasteiger partial charge is 0.152 e. The van der Waals surface area contributed by atoms with Gasteiger partial charge < -0.3 is 4.84 Å². The fourth-order valence-electron chi connectivity index (χ4n) is 5.60. The maximum absolute atomic E-state index is 13.2. The molecule has 0 N–H and O–H groups in total. The molecule has 2 bridgehead atoms. The fraction of sp³-hybridized carbons (Fsp3) is 0.550. The van der Waals surface area contributed by atoms with Crippen molar-refractivity contribution in [1.82, 2.24) is 0 Å². The second-order valence-corrected chi connectivity index (χ2v) is 7.59. The van der Waals surface area contributed by atoms with Crippen LogP contribution in [0, 0.1) is 44.4 Å². The molecule has 4 unspecified atom stereocenters. The van der Waals surface area contributed by atoms with Gasteiger partial charge in [-0.1, -0.05) is 22.9 Å². The summed E-state index contributed by atoms with van der Waals surface area (Å²) in [6.45, 7) is 6.07. The Bertz CT molecular complexity index is 724. The number of oxime groups is 1. The highest BCUT2D eigenvalue weighted by Gasteiger charge is 2.65. The van der Waals surface area contributed by atoms with Crippen molar-refractivity contribution in [2.24, 2.45) is 28.8 Å². The van der Waals surface area contributed by atoms with Crippen molar-refractivity contribution in [3.63, 3.8) is 0 Å². The zero-order valence-electron chi connectivity index (χ0n) is 14.6. The molecule has 126 valence electrons. The van der Waals surface area contributed by atoms with Gasteiger partial charge >= 0.3 is 0 Å². The van der Waals surface area contributed by atoms with Crippen molar-refractivity contribution in [3.8, 4) is 0 Å². The van der Waals surface area contributed by atoms with E-state index in [1.165, 1.54) is 12.7 Å². The number of hydrogen-bond acceptors (Lipinski definition) is 4. The third-order valence-corrected chi connectivity index (χ3v) is 6.25. The van der Waals surface area contributed by atoms with E-state index >= 15 is 0 Å². The predicted molar refractivity (Wildman–Crippen MR) is 91.0 cm³/mol. The van der Waals surface area contributed by atoms with Crippen LogP contribution in [0.1, 0.15) is 41.0 Å². The number of Topliss-reactive ketones (excluding diaryl/α,β-unsaturated/α-hetero) is 2. The van der Waals surface area contributed by atoms with Gasteiger partial charge in [0.25, 0.3) is 0 Å². The third-order valence-electron chi connectivity index (χ3n) is 6.25. The molecule has 4 rings (SSSR count). The molecule has 24 heavy (non-hydrogen) atoms. The maximum Gasteiger partial charge on any atom is 0.152 e. The zero-order chi connectivity index (χ0) is 17.2. The van der Waals surface area contributed by atoms with Crippen LogP contribution in [-0.4, -0.2) is 24.4 Å². The van der Waals surface area contributed by atoms with Crippen molar-refractivity contribution in [3.05, 3.63) is 34.4 Å². The summed E-state index contributed by atoms with van der Waals surface area (Å²) in [6, 6.07) is 4.15.